The van der Waals surface area contributed by atoms with E-state index in [2.05, 4.69) is 10.6 Å². The molecular weight excluding hydrogens is 280 g/mol. The lowest BCUT2D eigenvalue weighted by Crippen LogP contribution is -2.26. The number of hydrogen-bond donors (Lipinski definition) is 3. The van der Waals surface area contributed by atoms with E-state index in [0.29, 0.717) is 24.2 Å². The summed E-state index contributed by atoms with van der Waals surface area (Å²) in [6.45, 7) is 0.492. The fourth-order valence-corrected chi connectivity index (χ4v) is 2.73. The first-order valence-corrected chi connectivity index (χ1v) is 8.00. The molecule has 5 heteroatoms. The maximum Gasteiger partial charge on any atom is 0.251 e. The molecule has 1 saturated carbocycles. The van der Waals surface area contributed by atoms with Crippen molar-refractivity contribution in [2.24, 2.45) is 5.92 Å². The summed E-state index contributed by atoms with van der Waals surface area (Å²) >= 11 is 0. The van der Waals surface area contributed by atoms with Crippen LogP contribution in [0.2, 0.25) is 0 Å². The van der Waals surface area contributed by atoms with Crippen LogP contribution in [0.4, 0.5) is 5.69 Å². The molecule has 1 aromatic rings. The lowest BCUT2D eigenvalue weighted by molar-refractivity contribution is -0.120. The monoisotopic (exact) mass is 304 g/mol. The highest BCUT2D eigenvalue weighted by atomic mass is 16.3. The van der Waals surface area contributed by atoms with Crippen molar-refractivity contribution >= 4 is 17.5 Å². The average Bonchev–Trinajstić information content (AvgIpc) is 2.56. The van der Waals surface area contributed by atoms with E-state index < -0.39 is 0 Å². The Labute approximate surface area is 131 Å². The van der Waals surface area contributed by atoms with E-state index in [1.165, 1.54) is 6.42 Å². The van der Waals surface area contributed by atoms with Gasteiger partial charge in [0.1, 0.15) is 0 Å². The zero-order chi connectivity index (χ0) is 15.8. The Kier molecular flexibility index (Phi) is 6.40. The van der Waals surface area contributed by atoms with Crippen LogP contribution in [0.15, 0.2) is 24.3 Å². The van der Waals surface area contributed by atoms with Gasteiger partial charge in [-0.15, -0.1) is 0 Å². The third-order valence-corrected chi connectivity index (χ3v) is 3.99. The summed E-state index contributed by atoms with van der Waals surface area (Å²) in [4.78, 5) is 24.2. The van der Waals surface area contributed by atoms with E-state index in [-0.39, 0.29) is 24.3 Å². The fourth-order valence-electron chi connectivity index (χ4n) is 2.73. The molecule has 5 nitrogen and oxygen atoms in total. The van der Waals surface area contributed by atoms with Crippen LogP contribution in [0.5, 0.6) is 0 Å². The standard InChI is InChI=1S/C17H24N2O3/c20-11-5-10-18-16(21)14-8-4-9-15(12-14)19-17(22)13-6-2-1-3-7-13/h4,8-9,12-13,20H,1-3,5-7,10-11H2,(H,18,21)(H,19,22). The van der Waals surface area contributed by atoms with Gasteiger partial charge < -0.3 is 15.7 Å². The Morgan fingerprint density at radius 1 is 1.18 bits per heavy atom. The minimum atomic E-state index is -0.192. The topological polar surface area (TPSA) is 78.4 Å². The maximum absolute atomic E-state index is 12.2. The second kappa shape index (κ2) is 8.54. The zero-order valence-corrected chi connectivity index (χ0v) is 12.8. The van der Waals surface area contributed by atoms with Gasteiger partial charge in [0.25, 0.3) is 5.91 Å². The van der Waals surface area contributed by atoms with Crippen LogP contribution >= 0.6 is 0 Å². The molecule has 2 amide bonds. The quantitative estimate of drug-likeness (QED) is 0.706. The van der Waals surface area contributed by atoms with Crippen molar-refractivity contribution in [1.29, 1.82) is 0 Å². The van der Waals surface area contributed by atoms with Crippen molar-refractivity contribution in [2.45, 2.75) is 38.5 Å². The van der Waals surface area contributed by atoms with Gasteiger partial charge in [0.15, 0.2) is 0 Å². The minimum absolute atomic E-state index is 0.0533. The van der Waals surface area contributed by atoms with E-state index in [4.69, 9.17) is 5.11 Å². The molecule has 1 aliphatic carbocycles. The zero-order valence-electron chi connectivity index (χ0n) is 12.8. The number of anilines is 1. The second-order valence-corrected chi connectivity index (χ2v) is 5.74. The van der Waals surface area contributed by atoms with Gasteiger partial charge in [-0.25, -0.2) is 0 Å². The van der Waals surface area contributed by atoms with Crippen LogP contribution in [-0.4, -0.2) is 30.1 Å². The summed E-state index contributed by atoms with van der Waals surface area (Å²) < 4.78 is 0. The summed E-state index contributed by atoms with van der Waals surface area (Å²) in [5.74, 6) is -0.0458. The molecule has 0 atom stereocenters. The molecule has 0 unspecified atom stereocenters. The Balaban J connectivity index is 1.92. The predicted octanol–water partition coefficient (Wildman–Crippen LogP) is 2.32. The Bertz CT molecular complexity index is 510. The first-order chi connectivity index (χ1) is 10.7. The van der Waals surface area contributed by atoms with E-state index >= 15 is 0 Å². The number of aliphatic hydroxyl groups is 1. The molecule has 22 heavy (non-hydrogen) atoms. The SMILES string of the molecule is O=C(NCCCO)c1cccc(NC(=O)C2CCCCC2)c1. The predicted molar refractivity (Wildman–Crippen MR) is 85.7 cm³/mol. The molecule has 0 heterocycles. The van der Waals surface area contributed by atoms with E-state index in [0.717, 1.165) is 25.7 Å². The first kappa shape index (κ1) is 16.5. The summed E-state index contributed by atoms with van der Waals surface area (Å²) in [5.41, 5.74) is 1.17. The lowest BCUT2D eigenvalue weighted by atomic mass is 9.88. The van der Waals surface area contributed by atoms with Gasteiger partial charge in [0.05, 0.1) is 0 Å². The highest BCUT2D eigenvalue weighted by Crippen LogP contribution is 2.25. The van der Waals surface area contributed by atoms with E-state index in [1.54, 1.807) is 24.3 Å². The molecule has 120 valence electrons. The summed E-state index contributed by atoms with van der Waals surface area (Å²) in [5, 5.41) is 14.4. The summed E-state index contributed by atoms with van der Waals surface area (Å²) in [7, 11) is 0. The number of aliphatic hydroxyl groups excluding tert-OH is 1. The average molecular weight is 304 g/mol. The molecule has 1 fully saturated rings. The molecule has 0 radical (unpaired) electrons. The van der Waals surface area contributed by atoms with E-state index in [1.807, 2.05) is 0 Å². The molecule has 0 bridgehead atoms. The molecular formula is C17H24N2O3. The Hall–Kier alpha value is -1.88. The highest BCUT2D eigenvalue weighted by Gasteiger charge is 2.21. The van der Waals surface area contributed by atoms with Crippen molar-refractivity contribution in [3.8, 4) is 0 Å². The van der Waals surface area contributed by atoms with Crippen molar-refractivity contribution in [2.75, 3.05) is 18.5 Å². The van der Waals surface area contributed by atoms with Gasteiger partial charge >= 0.3 is 0 Å². The molecule has 2 rings (SSSR count). The van der Waals surface area contributed by atoms with Crippen LogP contribution in [0.1, 0.15) is 48.9 Å². The molecule has 0 aliphatic heterocycles. The third kappa shape index (κ3) is 4.84. The smallest absolute Gasteiger partial charge is 0.251 e. The minimum Gasteiger partial charge on any atom is -0.396 e. The van der Waals surface area contributed by atoms with E-state index in [9.17, 15) is 9.59 Å². The second-order valence-electron chi connectivity index (χ2n) is 5.74. The lowest BCUT2D eigenvalue weighted by Gasteiger charge is -2.20. The number of benzene rings is 1. The Morgan fingerprint density at radius 2 is 1.95 bits per heavy atom. The number of amides is 2. The third-order valence-electron chi connectivity index (χ3n) is 3.99. The first-order valence-electron chi connectivity index (χ1n) is 8.00. The van der Waals surface area contributed by atoms with Crippen LogP contribution < -0.4 is 10.6 Å². The van der Waals surface area contributed by atoms with Gasteiger partial charge in [-0.05, 0) is 37.5 Å². The summed E-state index contributed by atoms with van der Waals surface area (Å²) in [6, 6.07) is 6.96. The largest absolute Gasteiger partial charge is 0.396 e. The van der Waals surface area contributed by atoms with Crippen LogP contribution in [0.3, 0.4) is 0 Å². The maximum atomic E-state index is 12.2. The number of hydrogen-bond acceptors (Lipinski definition) is 3. The van der Waals surface area contributed by atoms with Crippen molar-refractivity contribution in [1.82, 2.24) is 5.32 Å². The molecule has 1 aliphatic rings. The molecule has 0 spiro atoms. The molecule has 1 aromatic carbocycles. The number of carbonyl (C=O) groups is 2. The van der Waals surface area contributed by atoms with Gasteiger partial charge in [-0.1, -0.05) is 25.3 Å². The van der Waals surface area contributed by atoms with Gasteiger partial charge in [-0.2, -0.15) is 0 Å². The van der Waals surface area contributed by atoms with Crippen molar-refractivity contribution in [3.63, 3.8) is 0 Å². The highest BCUT2D eigenvalue weighted by molar-refractivity contribution is 5.97. The number of rotatable bonds is 6. The number of nitrogens with one attached hydrogen (secondary N) is 2. The molecule has 3 N–H and O–H groups in total. The van der Waals surface area contributed by atoms with Crippen LogP contribution in [0, 0.1) is 5.92 Å². The van der Waals surface area contributed by atoms with Gasteiger partial charge in [-0.3, -0.25) is 9.59 Å². The van der Waals surface area contributed by atoms with Gasteiger partial charge in [0, 0.05) is 30.3 Å². The van der Waals surface area contributed by atoms with Crippen LogP contribution in [-0.2, 0) is 4.79 Å². The normalized spacial score (nSPS) is 15.3. The van der Waals surface area contributed by atoms with Gasteiger partial charge in [0.2, 0.25) is 5.91 Å². The molecule has 0 aromatic heterocycles. The van der Waals surface area contributed by atoms with Crippen molar-refractivity contribution in [3.05, 3.63) is 29.8 Å². The van der Waals surface area contributed by atoms with Crippen molar-refractivity contribution < 1.29 is 14.7 Å². The summed E-state index contributed by atoms with van der Waals surface area (Å²) in [6.07, 6.45) is 5.88. The fraction of sp³-hybridized carbons (Fsp3) is 0.529. The number of carbonyl (C=O) groups excluding carboxylic acids is 2. The Morgan fingerprint density at radius 3 is 2.68 bits per heavy atom. The van der Waals surface area contributed by atoms with Crippen LogP contribution in [0.25, 0.3) is 0 Å². The molecule has 0 saturated heterocycles.